The molecule has 2 aromatic heterocycles. The minimum Gasteiger partial charge on any atom is -0.416 e. The van der Waals surface area contributed by atoms with E-state index in [1.807, 2.05) is 54.8 Å². The van der Waals surface area contributed by atoms with Crippen LogP contribution in [0.3, 0.4) is 0 Å². The molecule has 0 fully saturated rings. The summed E-state index contributed by atoms with van der Waals surface area (Å²) in [6, 6.07) is 18.6. The number of carbonyl (C=O) groups is 1. The predicted octanol–water partition coefficient (Wildman–Crippen LogP) is 5.11. The van der Waals surface area contributed by atoms with E-state index in [-0.39, 0.29) is 12.5 Å². The average Bonchev–Trinajstić information content (AvgIpc) is 3.31. The molecule has 146 valence electrons. The molecule has 0 aliphatic rings. The molecule has 0 unspecified atom stereocenters. The van der Waals surface area contributed by atoms with Crippen molar-refractivity contribution in [3.63, 3.8) is 0 Å². The molecule has 2 heterocycles. The Kier molecular flexibility index (Phi) is 5.18. The number of halogens is 1. The quantitative estimate of drug-likeness (QED) is 0.499. The molecule has 0 saturated carbocycles. The van der Waals surface area contributed by atoms with Crippen LogP contribution in [-0.4, -0.2) is 20.7 Å². The Bertz CT molecular complexity index is 1150. The second-order valence-corrected chi connectivity index (χ2v) is 7.14. The third-order valence-electron chi connectivity index (χ3n) is 4.68. The maximum Gasteiger partial charge on any atom is 0.249 e. The van der Waals surface area contributed by atoms with Crippen molar-refractivity contribution >= 4 is 23.2 Å². The fraction of sp³-hybridized carbons (Fsp3) is 0.136. The van der Waals surface area contributed by atoms with E-state index >= 15 is 0 Å². The van der Waals surface area contributed by atoms with Gasteiger partial charge in [0.1, 0.15) is 6.54 Å². The van der Waals surface area contributed by atoms with E-state index in [4.69, 9.17) is 16.0 Å². The number of nitrogens with one attached hydrogen (secondary N) is 1. The molecule has 6 nitrogen and oxygen atoms in total. The van der Waals surface area contributed by atoms with Gasteiger partial charge in [-0.2, -0.15) is 0 Å². The summed E-state index contributed by atoms with van der Waals surface area (Å²) >= 11 is 5.88. The first kappa shape index (κ1) is 19.0. The molecule has 0 bridgehead atoms. The number of carbonyl (C=O) groups excluding carboxylic acids is 1. The fourth-order valence-electron chi connectivity index (χ4n) is 3.17. The normalized spacial score (nSPS) is 10.9. The number of benzene rings is 2. The number of amides is 1. The number of hydrogen-bond donors (Lipinski definition) is 1. The number of nitrogens with zero attached hydrogens (tertiary/aromatic N) is 3. The summed E-state index contributed by atoms with van der Waals surface area (Å²) in [5.41, 5.74) is 4.20. The lowest BCUT2D eigenvalue weighted by Gasteiger charge is -2.10. The van der Waals surface area contributed by atoms with Crippen LogP contribution in [0, 0.1) is 13.8 Å². The maximum absolute atomic E-state index is 12.5. The van der Waals surface area contributed by atoms with Crippen molar-refractivity contribution in [2.24, 2.45) is 0 Å². The van der Waals surface area contributed by atoms with E-state index in [0.717, 1.165) is 22.5 Å². The lowest BCUT2D eigenvalue weighted by atomic mass is 10.2. The number of aryl methyl sites for hydroxylation is 1. The lowest BCUT2D eigenvalue weighted by molar-refractivity contribution is -0.116. The monoisotopic (exact) mass is 406 g/mol. The molecule has 0 saturated heterocycles. The molecule has 1 amide bonds. The Morgan fingerprint density at radius 2 is 1.72 bits per heavy atom. The smallest absolute Gasteiger partial charge is 0.249 e. The van der Waals surface area contributed by atoms with E-state index in [0.29, 0.717) is 22.5 Å². The minimum absolute atomic E-state index is 0.129. The summed E-state index contributed by atoms with van der Waals surface area (Å²) in [5.74, 6) is 0.767. The first-order valence-corrected chi connectivity index (χ1v) is 9.50. The minimum atomic E-state index is -0.129. The number of rotatable bonds is 5. The predicted molar refractivity (Wildman–Crippen MR) is 113 cm³/mol. The Hall–Kier alpha value is -3.38. The Morgan fingerprint density at radius 1 is 1.03 bits per heavy atom. The number of aromatic nitrogens is 3. The van der Waals surface area contributed by atoms with Crippen LogP contribution in [0.2, 0.25) is 5.02 Å². The van der Waals surface area contributed by atoms with E-state index in [1.54, 1.807) is 24.3 Å². The molecule has 2 aromatic carbocycles. The Labute approximate surface area is 173 Å². The van der Waals surface area contributed by atoms with Crippen LogP contribution in [0.1, 0.15) is 11.4 Å². The van der Waals surface area contributed by atoms with Gasteiger partial charge in [-0.1, -0.05) is 29.8 Å². The van der Waals surface area contributed by atoms with Gasteiger partial charge in [0.25, 0.3) is 0 Å². The molecule has 0 radical (unpaired) electrons. The zero-order valence-corrected chi connectivity index (χ0v) is 16.8. The van der Waals surface area contributed by atoms with Gasteiger partial charge in [0, 0.05) is 27.7 Å². The summed E-state index contributed by atoms with van der Waals surface area (Å²) in [5, 5.41) is 11.8. The van der Waals surface area contributed by atoms with Gasteiger partial charge in [0.05, 0.1) is 5.56 Å². The van der Waals surface area contributed by atoms with Crippen molar-refractivity contribution in [1.82, 2.24) is 14.8 Å². The SMILES string of the molecule is Cc1cc(-c2nnc(-c3ccccc3)o2)c(C)n1CC(=O)Nc1ccc(Cl)cc1. The molecular formula is C22H19ClN4O2. The van der Waals surface area contributed by atoms with Crippen molar-refractivity contribution in [2.45, 2.75) is 20.4 Å². The van der Waals surface area contributed by atoms with Crippen LogP contribution in [0.25, 0.3) is 22.9 Å². The molecule has 1 N–H and O–H groups in total. The third kappa shape index (κ3) is 4.07. The van der Waals surface area contributed by atoms with Crippen LogP contribution in [0.15, 0.2) is 65.1 Å². The maximum atomic E-state index is 12.5. The summed E-state index contributed by atoms with van der Waals surface area (Å²) in [6.45, 7) is 4.06. The largest absolute Gasteiger partial charge is 0.416 e. The third-order valence-corrected chi connectivity index (χ3v) is 4.93. The van der Waals surface area contributed by atoms with Gasteiger partial charge in [-0.15, -0.1) is 10.2 Å². The van der Waals surface area contributed by atoms with Crippen molar-refractivity contribution in [1.29, 1.82) is 0 Å². The Morgan fingerprint density at radius 3 is 2.45 bits per heavy atom. The lowest BCUT2D eigenvalue weighted by Crippen LogP contribution is -2.20. The summed E-state index contributed by atoms with van der Waals surface area (Å²) in [4.78, 5) is 12.5. The van der Waals surface area contributed by atoms with Crippen LogP contribution in [0.5, 0.6) is 0 Å². The zero-order valence-electron chi connectivity index (χ0n) is 16.0. The highest BCUT2D eigenvalue weighted by molar-refractivity contribution is 6.30. The van der Waals surface area contributed by atoms with E-state index in [9.17, 15) is 4.79 Å². The van der Waals surface area contributed by atoms with E-state index < -0.39 is 0 Å². The molecule has 29 heavy (non-hydrogen) atoms. The van der Waals surface area contributed by atoms with Crippen molar-refractivity contribution < 1.29 is 9.21 Å². The topological polar surface area (TPSA) is 73.0 Å². The van der Waals surface area contributed by atoms with E-state index in [1.165, 1.54) is 0 Å². The Balaban J connectivity index is 1.54. The van der Waals surface area contributed by atoms with Crippen molar-refractivity contribution in [3.05, 3.63) is 77.1 Å². The van der Waals surface area contributed by atoms with Gasteiger partial charge in [-0.3, -0.25) is 4.79 Å². The van der Waals surface area contributed by atoms with Crippen LogP contribution in [-0.2, 0) is 11.3 Å². The summed E-state index contributed by atoms with van der Waals surface area (Å²) in [6.07, 6.45) is 0. The molecule has 7 heteroatoms. The summed E-state index contributed by atoms with van der Waals surface area (Å²) < 4.78 is 7.79. The van der Waals surface area contributed by atoms with Gasteiger partial charge >= 0.3 is 0 Å². The molecule has 0 spiro atoms. The molecule has 0 aliphatic carbocycles. The molecule has 0 atom stereocenters. The molecule has 4 aromatic rings. The van der Waals surface area contributed by atoms with Crippen LogP contribution >= 0.6 is 11.6 Å². The number of anilines is 1. The fourth-order valence-corrected chi connectivity index (χ4v) is 3.29. The van der Waals surface area contributed by atoms with Crippen molar-refractivity contribution in [3.8, 4) is 22.9 Å². The first-order valence-electron chi connectivity index (χ1n) is 9.12. The van der Waals surface area contributed by atoms with Gasteiger partial charge in [0.15, 0.2) is 0 Å². The van der Waals surface area contributed by atoms with E-state index in [2.05, 4.69) is 15.5 Å². The van der Waals surface area contributed by atoms with Crippen LogP contribution < -0.4 is 5.32 Å². The first-order chi connectivity index (χ1) is 14.0. The van der Waals surface area contributed by atoms with Crippen molar-refractivity contribution in [2.75, 3.05) is 5.32 Å². The van der Waals surface area contributed by atoms with Gasteiger partial charge in [-0.05, 0) is 56.3 Å². The highest BCUT2D eigenvalue weighted by Gasteiger charge is 2.18. The second kappa shape index (κ2) is 7.93. The van der Waals surface area contributed by atoms with Crippen LogP contribution in [0.4, 0.5) is 5.69 Å². The van der Waals surface area contributed by atoms with Gasteiger partial charge in [-0.25, -0.2) is 0 Å². The highest BCUT2D eigenvalue weighted by atomic mass is 35.5. The number of hydrogen-bond acceptors (Lipinski definition) is 4. The zero-order chi connectivity index (χ0) is 20.4. The average molecular weight is 407 g/mol. The molecule has 4 rings (SSSR count). The van der Waals surface area contributed by atoms with Gasteiger partial charge < -0.3 is 14.3 Å². The molecular weight excluding hydrogens is 388 g/mol. The second-order valence-electron chi connectivity index (χ2n) is 6.70. The highest BCUT2D eigenvalue weighted by Crippen LogP contribution is 2.28. The standard InChI is InChI=1S/C22H19ClN4O2/c1-14-12-19(22-26-25-21(29-22)16-6-4-3-5-7-16)15(2)27(14)13-20(28)24-18-10-8-17(23)9-11-18/h3-12H,13H2,1-2H3,(H,24,28). The molecule has 0 aliphatic heterocycles. The van der Waals surface area contributed by atoms with Gasteiger partial charge in [0.2, 0.25) is 17.7 Å². The summed E-state index contributed by atoms with van der Waals surface area (Å²) in [7, 11) is 0.